The number of hydrogen-bond acceptors (Lipinski definition) is 6. The van der Waals surface area contributed by atoms with Crippen LogP contribution in [0.1, 0.15) is 87.2 Å². The van der Waals surface area contributed by atoms with Gasteiger partial charge in [0.15, 0.2) is 17.3 Å². The van der Waals surface area contributed by atoms with Crippen LogP contribution in [0.5, 0.6) is 17.2 Å². The number of aliphatic hydroxyl groups excluding tert-OH is 1. The summed E-state index contributed by atoms with van der Waals surface area (Å²) in [5.74, 6) is 2.26. The Bertz CT molecular complexity index is 1060. The fraction of sp³-hybridized carbons (Fsp3) is 0.548. The van der Waals surface area contributed by atoms with Crippen molar-refractivity contribution in [3.05, 3.63) is 53.6 Å². The van der Waals surface area contributed by atoms with E-state index in [0.29, 0.717) is 36.3 Å². The largest absolute Gasteiger partial charge is 0.491 e. The van der Waals surface area contributed by atoms with E-state index in [2.05, 4.69) is 0 Å². The molecule has 2 heterocycles. The number of carbonyl (C=O) groups excluding carboxylic acids is 2. The molecule has 1 fully saturated rings. The van der Waals surface area contributed by atoms with Gasteiger partial charge in [0.05, 0.1) is 31.8 Å². The van der Waals surface area contributed by atoms with E-state index in [1.54, 1.807) is 0 Å². The lowest BCUT2D eigenvalue weighted by atomic mass is 9.89. The summed E-state index contributed by atoms with van der Waals surface area (Å²) in [5.41, 5.74) is 1.47. The van der Waals surface area contributed by atoms with E-state index in [0.717, 1.165) is 50.2 Å². The van der Waals surface area contributed by atoms with Crippen LogP contribution < -0.4 is 19.1 Å². The highest BCUT2D eigenvalue weighted by Crippen LogP contribution is 2.36. The maximum Gasteiger partial charge on any atom is 0.231 e. The number of nitrogens with one attached hydrogen (secondary N) is 1. The van der Waals surface area contributed by atoms with E-state index in [9.17, 15) is 14.7 Å². The fourth-order valence-electron chi connectivity index (χ4n) is 5.43. The predicted octanol–water partition coefficient (Wildman–Crippen LogP) is 4.32. The van der Waals surface area contributed by atoms with Gasteiger partial charge in [-0.25, -0.2) is 0 Å². The van der Waals surface area contributed by atoms with Crippen LogP contribution in [0.3, 0.4) is 0 Å². The number of aliphatic hydroxyl groups is 1. The Kier molecular flexibility index (Phi) is 10.2. The quantitative estimate of drug-likeness (QED) is 0.267. The summed E-state index contributed by atoms with van der Waals surface area (Å²) >= 11 is 0. The van der Waals surface area contributed by atoms with Gasteiger partial charge in [-0.15, -0.1) is 0 Å². The molecule has 0 radical (unpaired) electrons. The zero-order chi connectivity index (χ0) is 26.9. The number of Topliss-reactive ketones (excluding diaryl/α,β-unsaturated/α-hetero) is 2. The second kappa shape index (κ2) is 13.8. The Morgan fingerprint density at radius 2 is 1.66 bits per heavy atom. The molecule has 206 valence electrons. The van der Waals surface area contributed by atoms with Crippen LogP contribution in [0.4, 0.5) is 0 Å². The van der Waals surface area contributed by atoms with Crippen molar-refractivity contribution < 1.29 is 33.8 Å². The minimum atomic E-state index is -0.725. The molecule has 2 aromatic rings. The van der Waals surface area contributed by atoms with Gasteiger partial charge in [0.1, 0.15) is 11.5 Å². The van der Waals surface area contributed by atoms with Crippen molar-refractivity contribution in [1.82, 2.24) is 0 Å². The van der Waals surface area contributed by atoms with Gasteiger partial charge in [-0.1, -0.05) is 12.5 Å². The van der Waals surface area contributed by atoms with Crippen LogP contribution in [-0.4, -0.2) is 49.2 Å². The number of likely N-dealkylation sites (tertiary alicyclic amines) is 1. The zero-order valence-electron chi connectivity index (χ0n) is 22.7. The monoisotopic (exact) mass is 524 g/mol. The molecule has 0 bridgehead atoms. The van der Waals surface area contributed by atoms with E-state index < -0.39 is 6.10 Å². The molecular weight excluding hydrogens is 482 g/mol. The van der Waals surface area contributed by atoms with Crippen molar-refractivity contribution in [2.24, 2.45) is 5.92 Å². The molecule has 0 aromatic heterocycles. The van der Waals surface area contributed by atoms with Crippen LogP contribution >= 0.6 is 0 Å². The summed E-state index contributed by atoms with van der Waals surface area (Å²) in [7, 11) is 0. The van der Waals surface area contributed by atoms with Crippen LogP contribution in [0, 0.1) is 5.92 Å². The van der Waals surface area contributed by atoms with Crippen LogP contribution in [0.15, 0.2) is 42.5 Å². The van der Waals surface area contributed by atoms with Gasteiger partial charge in [0.2, 0.25) is 6.79 Å². The molecule has 7 heteroatoms. The Labute approximate surface area is 226 Å². The maximum absolute atomic E-state index is 12.9. The molecule has 2 aromatic carbocycles. The summed E-state index contributed by atoms with van der Waals surface area (Å²) in [4.78, 5) is 26.9. The predicted molar refractivity (Wildman–Crippen MR) is 145 cm³/mol. The standard InChI is InChI=1S/C31H41NO6/c1-22(2)38-27-13-10-23(11-14-27)28(34)9-5-3-4-8-26(33)18-25(20-32-16-6-7-17-32)31(35)24-12-15-29-30(19-24)37-21-36-29/h10-15,19,22,25,31,35H,3-9,16-18,20-21H2,1-2H3/p+1/t25-,31-/m1/s1. The first kappa shape index (κ1) is 28.1. The van der Waals surface area contributed by atoms with Gasteiger partial charge in [0, 0.05) is 43.6 Å². The molecule has 0 amide bonds. The lowest BCUT2D eigenvalue weighted by molar-refractivity contribution is -0.891. The molecule has 2 N–H and O–H groups in total. The molecule has 0 saturated carbocycles. The molecule has 7 nitrogen and oxygen atoms in total. The normalized spacial score (nSPS) is 16.5. The van der Waals surface area contributed by atoms with E-state index in [1.807, 2.05) is 56.3 Å². The molecule has 38 heavy (non-hydrogen) atoms. The van der Waals surface area contributed by atoms with Gasteiger partial charge in [-0.3, -0.25) is 9.59 Å². The smallest absolute Gasteiger partial charge is 0.231 e. The first-order chi connectivity index (χ1) is 18.4. The molecule has 4 rings (SSSR count). The van der Waals surface area contributed by atoms with Gasteiger partial charge < -0.3 is 24.2 Å². The highest BCUT2D eigenvalue weighted by molar-refractivity contribution is 5.96. The highest BCUT2D eigenvalue weighted by Gasteiger charge is 2.30. The third-order valence-electron chi connectivity index (χ3n) is 7.44. The number of rotatable bonds is 15. The Hall–Kier alpha value is -2.90. The SMILES string of the molecule is CC(C)Oc1ccc(C(=O)CCCCCC(=O)C[C@H](C[NH+]2CCCC2)[C@H](O)c2ccc3c(c2)OCO3)cc1. The summed E-state index contributed by atoms with van der Waals surface area (Å²) in [6.45, 7) is 7.12. The molecule has 0 unspecified atom stereocenters. The third kappa shape index (κ3) is 8.05. The Morgan fingerprint density at radius 1 is 0.947 bits per heavy atom. The summed E-state index contributed by atoms with van der Waals surface area (Å²) in [6.07, 6.45) is 5.45. The average Bonchev–Trinajstić information content (AvgIpc) is 3.59. The number of quaternary nitrogens is 1. The van der Waals surface area contributed by atoms with Crippen molar-refractivity contribution >= 4 is 11.6 Å². The lowest BCUT2D eigenvalue weighted by Gasteiger charge is -2.25. The maximum atomic E-state index is 12.9. The lowest BCUT2D eigenvalue weighted by Crippen LogP contribution is -3.10. The number of fused-ring (bicyclic) bond motifs is 1. The van der Waals surface area contributed by atoms with Gasteiger partial charge in [-0.2, -0.15) is 0 Å². The number of ether oxygens (including phenoxy) is 3. The second-order valence-corrected chi connectivity index (χ2v) is 10.9. The van der Waals surface area contributed by atoms with Gasteiger partial charge in [-0.05, 0) is 68.7 Å². The zero-order valence-corrected chi connectivity index (χ0v) is 22.7. The van der Waals surface area contributed by atoms with Gasteiger partial charge >= 0.3 is 0 Å². The van der Waals surface area contributed by atoms with E-state index >= 15 is 0 Å². The first-order valence-electron chi connectivity index (χ1n) is 14.1. The molecule has 2 atom stereocenters. The van der Waals surface area contributed by atoms with Gasteiger partial charge in [0.25, 0.3) is 0 Å². The molecule has 1 saturated heterocycles. The average molecular weight is 525 g/mol. The highest BCUT2D eigenvalue weighted by atomic mass is 16.7. The van der Waals surface area contributed by atoms with Crippen LogP contribution in [0.2, 0.25) is 0 Å². The van der Waals surface area contributed by atoms with E-state index in [-0.39, 0.29) is 30.4 Å². The van der Waals surface area contributed by atoms with Crippen molar-refractivity contribution in [2.45, 2.75) is 77.4 Å². The summed E-state index contributed by atoms with van der Waals surface area (Å²) in [5, 5.41) is 11.3. The molecule has 2 aliphatic heterocycles. The third-order valence-corrected chi connectivity index (χ3v) is 7.44. The second-order valence-electron chi connectivity index (χ2n) is 10.9. The van der Waals surface area contributed by atoms with Crippen molar-refractivity contribution in [3.63, 3.8) is 0 Å². The van der Waals surface area contributed by atoms with Crippen molar-refractivity contribution in [1.29, 1.82) is 0 Å². The van der Waals surface area contributed by atoms with E-state index in [4.69, 9.17) is 14.2 Å². The van der Waals surface area contributed by atoms with Crippen molar-refractivity contribution in [2.75, 3.05) is 26.4 Å². The topological polar surface area (TPSA) is 86.5 Å². The Morgan fingerprint density at radius 3 is 2.39 bits per heavy atom. The minimum Gasteiger partial charge on any atom is -0.491 e. The number of ketones is 2. The molecule has 2 aliphatic rings. The fourth-order valence-corrected chi connectivity index (χ4v) is 5.43. The van der Waals surface area contributed by atoms with Crippen molar-refractivity contribution in [3.8, 4) is 17.2 Å². The van der Waals surface area contributed by atoms with E-state index in [1.165, 1.54) is 17.7 Å². The number of unbranched alkanes of at least 4 members (excludes halogenated alkanes) is 2. The number of hydrogen-bond donors (Lipinski definition) is 2. The Balaban J connectivity index is 1.22. The molecule has 0 spiro atoms. The number of carbonyl (C=O) groups is 2. The minimum absolute atomic E-state index is 0.0999. The summed E-state index contributed by atoms with van der Waals surface area (Å²) < 4.78 is 16.5. The van der Waals surface area contributed by atoms with Crippen LogP contribution in [0.25, 0.3) is 0 Å². The first-order valence-corrected chi connectivity index (χ1v) is 14.1. The molecular formula is C31H42NO6+. The summed E-state index contributed by atoms with van der Waals surface area (Å²) in [6, 6.07) is 12.9. The number of benzene rings is 2. The molecule has 0 aliphatic carbocycles. The van der Waals surface area contributed by atoms with Crippen LogP contribution in [-0.2, 0) is 4.79 Å².